The molecular weight excluding hydrogens is 378 g/mol. The summed E-state index contributed by atoms with van der Waals surface area (Å²) in [5.41, 5.74) is 0.603. The van der Waals surface area contributed by atoms with Crippen molar-refractivity contribution in [3.05, 3.63) is 65.9 Å². The Kier molecular flexibility index (Phi) is 5.62. The van der Waals surface area contributed by atoms with Gasteiger partial charge in [0.2, 0.25) is 6.43 Å². The molecule has 0 bridgehead atoms. The Labute approximate surface area is 156 Å². The first-order valence-corrected chi connectivity index (χ1v) is 8.25. The largest absolute Gasteiger partial charge is 0.359 e. The quantitative estimate of drug-likeness (QED) is 0.458. The molecule has 5 nitrogen and oxygen atoms in total. The second-order valence-electron chi connectivity index (χ2n) is 6.03. The van der Waals surface area contributed by atoms with Gasteiger partial charge < -0.3 is 15.6 Å². The number of anilines is 1. The van der Waals surface area contributed by atoms with Gasteiger partial charge in [-0.3, -0.25) is 9.59 Å². The molecule has 3 rings (SSSR count). The highest BCUT2D eigenvalue weighted by atomic mass is 19.3. The Bertz CT molecular complexity index is 1010. The molecule has 3 N–H and O–H groups in total. The van der Waals surface area contributed by atoms with E-state index < -0.39 is 42.3 Å². The molecule has 0 aliphatic carbocycles. The number of H-pyrrole nitrogens is 1. The number of aromatic amines is 1. The van der Waals surface area contributed by atoms with Gasteiger partial charge >= 0.3 is 11.8 Å². The van der Waals surface area contributed by atoms with Gasteiger partial charge in [-0.2, -0.15) is 0 Å². The van der Waals surface area contributed by atoms with Gasteiger partial charge in [-0.05, 0) is 11.6 Å². The number of fused-ring (bicyclic) bond motifs is 1. The number of hydrogen-bond donors (Lipinski definition) is 3. The van der Waals surface area contributed by atoms with Crippen molar-refractivity contribution >= 4 is 28.4 Å². The van der Waals surface area contributed by atoms with E-state index in [2.05, 4.69) is 15.6 Å². The third-order valence-corrected chi connectivity index (χ3v) is 4.19. The molecule has 1 heterocycles. The number of benzene rings is 2. The summed E-state index contributed by atoms with van der Waals surface area (Å²) >= 11 is 0. The van der Waals surface area contributed by atoms with Crippen LogP contribution in [0.2, 0.25) is 0 Å². The maximum atomic E-state index is 13.4. The highest BCUT2D eigenvalue weighted by molar-refractivity contribution is 6.40. The van der Waals surface area contributed by atoms with E-state index in [9.17, 15) is 27.2 Å². The van der Waals surface area contributed by atoms with Crippen LogP contribution in [0.25, 0.3) is 10.9 Å². The zero-order valence-corrected chi connectivity index (χ0v) is 14.3. The number of amides is 2. The number of rotatable bonds is 5. The van der Waals surface area contributed by atoms with Crippen LogP contribution in [0.1, 0.15) is 11.5 Å². The molecule has 2 aromatic carbocycles. The van der Waals surface area contributed by atoms with Crippen LogP contribution in [-0.2, 0) is 9.59 Å². The van der Waals surface area contributed by atoms with Crippen LogP contribution in [0.15, 0.2) is 48.7 Å². The molecule has 0 radical (unpaired) electrons. The molecule has 0 unspecified atom stereocenters. The lowest BCUT2D eigenvalue weighted by molar-refractivity contribution is -0.136. The monoisotopic (exact) mass is 393 g/mol. The first kappa shape index (κ1) is 19.4. The number of carbonyl (C=O) groups excluding carboxylic acids is 2. The normalized spacial score (nSPS) is 12.2. The van der Waals surface area contributed by atoms with Crippen LogP contribution in [0.3, 0.4) is 0 Å². The fourth-order valence-corrected chi connectivity index (χ4v) is 2.73. The molecule has 146 valence electrons. The Balaban J connectivity index is 1.66. The predicted molar refractivity (Wildman–Crippen MR) is 95.0 cm³/mol. The fraction of sp³-hybridized carbons (Fsp3) is 0.158. The Morgan fingerprint density at radius 1 is 1.00 bits per heavy atom. The highest BCUT2D eigenvalue weighted by Crippen LogP contribution is 2.25. The maximum Gasteiger partial charge on any atom is 0.313 e. The molecule has 3 aromatic rings. The molecule has 0 aliphatic rings. The first-order chi connectivity index (χ1) is 13.4. The van der Waals surface area contributed by atoms with Gasteiger partial charge in [0.1, 0.15) is 0 Å². The van der Waals surface area contributed by atoms with Crippen LogP contribution >= 0.6 is 0 Å². The van der Waals surface area contributed by atoms with Crippen LogP contribution in [0.5, 0.6) is 0 Å². The van der Waals surface area contributed by atoms with Crippen molar-refractivity contribution in [2.45, 2.75) is 12.3 Å². The van der Waals surface area contributed by atoms with E-state index in [1.54, 1.807) is 18.2 Å². The van der Waals surface area contributed by atoms with Crippen LogP contribution < -0.4 is 10.6 Å². The Hall–Kier alpha value is -3.36. The average molecular weight is 393 g/mol. The van der Waals surface area contributed by atoms with Gasteiger partial charge in [0.15, 0.2) is 11.6 Å². The summed E-state index contributed by atoms with van der Waals surface area (Å²) in [6.45, 7) is -0.443. The number of halogens is 4. The van der Waals surface area contributed by atoms with Crippen LogP contribution in [0, 0.1) is 11.6 Å². The number of nitrogens with one attached hydrogen (secondary N) is 3. The molecule has 28 heavy (non-hydrogen) atoms. The average Bonchev–Trinajstić information content (AvgIpc) is 3.04. The van der Waals surface area contributed by atoms with E-state index in [-0.39, 0.29) is 16.6 Å². The van der Waals surface area contributed by atoms with Crippen molar-refractivity contribution in [2.24, 2.45) is 0 Å². The van der Waals surface area contributed by atoms with Gasteiger partial charge in [-0.15, -0.1) is 0 Å². The lowest BCUT2D eigenvalue weighted by Gasteiger charge is -2.17. The molecule has 0 spiro atoms. The number of carbonyl (C=O) groups is 2. The summed E-state index contributed by atoms with van der Waals surface area (Å²) < 4.78 is 53.1. The molecule has 9 heteroatoms. The summed E-state index contributed by atoms with van der Waals surface area (Å²) in [7, 11) is 0. The Morgan fingerprint density at radius 2 is 1.68 bits per heavy atom. The predicted octanol–water partition coefficient (Wildman–Crippen LogP) is 3.55. The first-order valence-electron chi connectivity index (χ1n) is 8.25. The van der Waals surface area contributed by atoms with Crippen molar-refractivity contribution in [1.82, 2.24) is 10.3 Å². The lowest BCUT2D eigenvalue weighted by atomic mass is 10.00. The molecule has 0 saturated heterocycles. The highest BCUT2D eigenvalue weighted by Gasteiger charge is 2.24. The number of alkyl halides is 2. The summed E-state index contributed by atoms with van der Waals surface area (Å²) in [5, 5.41) is 4.58. The van der Waals surface area contributed by atoms with E-state index in [1.165, 1.54) is 18.3 Å². The molecule has 0 aliphatic heterocycles. The third-order valence-electron chi connectivity index (χ3n) is 4.19. The van der Waals surface area contributed by atoms with Crippen LogP contribution in [0.4, 0.5) is 23.2 Å². The smallest absolute Gasteiger partial charge is 0.313 e. The molecule has 0 fully saturated rings. The van der Waals surface area contributed by atoms with E-state index in [1.807, 2.05) is 0 Å². The number of hydrogen-bond acceptors (Lipinski definition) is 2. The van der Waals surface area contributed by atoms with E-state index in [0.717, 1.165) is 12.1 Å². The van der Waals surface area contributed by atoms with Gasteiger partial charge in [-0.25, -0.2) is 17.6 Å². The van der Waals surface area contributed by atoms with Crippen molar-refractivity contribution in [1.29, 1.82) is 0 Å². The van der Waals surface area contributed by atoms with Crippen molar-refractivity contribution in [2.75, 3.05) is 11.9 Å². The second kappa shape index (κ2) is 8.12. The molecule has 1 aromatic heterocycles. The summed E-state index contributed by atoms with van der Waals surface area (Å²) in [4.78, 5) is 26.6. The zero-order chi connectivity index (χ0) is 20.3. The topological polar surface area (TPSA) is 74.0 Å². The minimum Gasteiger partial charge on any atom is -0.359 e. The van der Waals surface area contributed by atoms with Gasteiger partial charge in [0.25, 0.3) is 0 Å². The van der Waals surface area contributed by atoms with Crippen molar-refractivity contribution in [3.63, 3.8) is 0 Å². The molecular formula is C19H15F4N3O2. The SMILES string of the molecule is O=C(NC[C@@H](c1ccccc1)C(F)F)C(=O)Nc1c[nH]c2cc(F)c(F)cc12. The summed E-state index contributed by atoms with van der Waals surface area (Å²) in [6, 6.07) is 9.65. The maximum absolute atomic E-state index is 13.4. The summed E-state index contributed by atoms with van der Waals surface area (Å²) in [5.74, 6) is -5.70. The van der Waals surface area contributed by atoms with Gasteiger partial charge in [0, 0.05) is 24.2 Å². The molecule has 1 atom stereocenters. The zero-order valence-electron chi connectivity index (χ0n) is 14.3. The van der Waals surface area contributed by atoms with Gasteiger partial charge in [0.05, 0.1) is 17.1 Å². The molecule has 2 amide bonds. The standard InChI is InChI=1S/C19H15F4N3O2/c20-13-6-11-15(7-14(13)21)24-9-16(11)26-19(28)18(27)25-8-12(17(22)23)10-4-2-1-3-5-10/h1-7,9,12,17,24H,8H2,(H,25,27)(H,26,28)/t12-/m0/s1. The van der Waals surface area contributed by atoms with Crippen molar-refractivity contribution in [3.8, 4) is 0 Å². The van der Waals surface area contributed by atoms with Crippen molar-refractivity contribution < 1.29 is 27.2 Å². The Morgan fingerprint density at radius 3 is 2.36 bits per heavy atom. The summed E-state index contributed by atoms with van der Waals surface area (Å²) in [6.07, 6.45) is -1.47. The van der Waals surface area contributed by atoms with E-state index in [4.69, 9.17) is 0 Å². The van der Waals surface area contributed by atoms with E-state index in [0.29, 0.717) is 5.56 Å². The van der Waals surface area contributed by atoms with Crippen LogP contribution in [-0.4, -0.2) is 29.8 Å². The minimum absolute atomic E-state index is 0.0579. The molecule has 0 saturated carbocycles. The third kappa shape index (κ3) is 4.13. The number of aromatic nitrogens is 1. The fourth-order valence-electron chi connectivity index (χ4n) is 2.73. The van der Waals surface area contributed by atoms with E-state index >= 15 is 0 Å². The minimum atomic E-state index is -2.74. The van der Waals surface area contributed by atoms with Gasteiger partial charge in [-0.1, -0.05) is 30.3 Å². The second-order valence-corrected chi connectivity index (χ2v) is 6.03. The lowest BCUT2D eigenvalue weighted by Crippen LogP contribution is -2.38.